The summed E-state index contributed by atoms with van der Waals surface area (Å²) >= 11 is 0. The molecule has 30 heavy (non-hydrogen) atoms. The Balaban J connectivity index is 1.76. The van der Waals surface area contributed by atoms with Crippen molar-refractivity contribution in [1.82, 2.24) is 4.57 Å². The second-order valence-corrected chi connectivity index (χ2v) is 7.95. The maximum absolute atomic E-state index is 2.38. The van der Waals surface area contributed by atoms with Crippen LogP contribution < -0.4 is 0 Å². The lowest BCUT2D eigenvalue weighted by Crippen LogP contribution is -1.93. The number of hydrogen-bond donors (Lipinski definition) is 0. The molecule has 0 saturated carbocycles. The minimum atomic E-state index is 1.19. The van der Waals surface area contributed by atoms with E-state index in [1.54, 1.807) is 0 Å². The lowest BCUT2D eigenvalue weighted by molar-refractivity contribution is 1.18. The zero-order valence-electron chi connectivity index (χ0n) is 16.8. The van der Waals surface area contributed by atoms with E-state index in [4.69, 9.17) is 0 Å². The van der Waals surface area contributed by atoms with E-state index in [9.17, 15) is 0 Å². The SMILES string of the molecule is Cc1ccc(-c2ccc3c(c2)c2c4ccccc4ccc2n3-c2ccccc2)cc1. The highest BCUT2D eigenvalue weighted by Gasteiger charge is 2.15. The Morgan fingerprint density at radius 3 is 2.07 bits per heavy atom. The van der Waals surface area contributed by atoms with E-state index in [-0.39, 0.29) is 0 Å². The third-order valence-corrected chi connectivity index (χ3v) is 6.05. The molecule has 5 aromatic carbocycles. The molecule has 6 aromatic rings. The molecule has 0 spiro atoms. The van der Waals surface area contributed by atoms with E-state index >= 15 is 0 Å². The van der Waals surface area contributed by atoms with Gasteiger partial charge in [0.25, 0.3) is 0 Å². The van der Waals surface area contributed by atoms with Crippen LogP contribution in [-0.2, 0) is 0 Å². The van der Waals surface area contributed by atoms with Gasteiger partial charge in [-0.1, -0.05) is 84.4 Å². The molecule has 6 rings (SSSR count). The largest absolute Gasteiger partial charge is 0.309 e. The van der Waals surface area contributed by atoms with Gasteiger partial charge in [0.15, 0.2) is 0 Å². The molecule has 0 N–H and O–H groups in total. The minimum Gasteiger partial charge on any atom is -0.309 e. The number of benzene rings is 5. The molecule has 0 aliphatic carbocycles. The summed E-state index contributed by atoms with van der Waals surface area (Å²) in [5.74, 6) is 0. The summed E-state index contributed by atoms with van der Waals surface area (Å²) in [6, 6.07) is 39.5. The zero-order valence-corrected chi connectivity index (χ0v) is 16.8. The molecule has 1 nitrogen and oxygen atoms in total. The first kappa shape index (κ1) is 17.1. The normalized spacial score (nSPS) is 11.5. The third-order valence-electron chi connectivity index (χ3n) is 6.05. The second-order valence-electron chi connectivity index (χ2n) is 7.95. The summed E-state index contributed by atoms with van der Waals surface area (Å²) in [5.41, 5.74) is 7.47. The number of nitrogens with zero attached hydrogens (tertiary/aromatic N) is 1. The number of fused-ring (bicyclic) bond motifs is 5. The molecule has 0 bridgehead atoms. The average Bonchev–Trinajstić information content (AvgIpc) is 3.14. The maximum atomic E-state index is 2.38. The zero-order chi connectivity index (χ0) is 20.1. The van der Waals surface area contributed by atoms with E-state index < -0.39 is 0 Å². The van der Waals surface area contributed by atoms with Crippen LogP contribution in [0.15, 0.2) is 109 Å². The van der Waals surface area contributed by atoms with Crippen molar-refractivity contribution in [1.29, 1.82) is 0 Å². The minimum absolute atomic E-state index is 1.19. The monoisotopic (exact) mass is 383 g/mol. The fraction of sp³-hybridized carbons (Fsp3) is 0.0345. The maximum Gasteiger partial charge on any atom is 0.0547 e. The first-order valence-corrected chi connectivity index (χ1v) is 10.4. The molecule has 0 aliphatic rings. The van der Waals surface area contributed by atoms with E-state index in [0.717, 1.165) is 0 Å². The van der Waals surface area contributed by atoms with Gasteiger partial charge in [-0.15, -0.1) is 0 Å². The molecule has 142 valence electrons. The Hall–Kier alpha value is -3.84. The molecule has 0 radical (unpaired) electrons. The van der Waals surface area contributed by atoms with Crippen molar-refractivity contribution in [3.8, 4) is 16.8 Å². The van der Waals surface area contributed by atoms with Crippen molar-refractivity contribution in [3.05, 3.63) is 115 Å². The van der Waals surface area contributed by atoms with Gasteiger partial charge in [0.05, 0.1) is 11.0 Å². The van der Waals surface area contributed by atoms with Gasteiger partial charge < -0.3 is 4.57 Å². The van der Waals surface area contributed by atoms with E-state index in [0.29, 0.717) is 0 Å². The highest BCUT2D eigenvalue weighted by atomic mass is 15.0. The molecule has 1 heterocycles. The fourth-order valence-corrected chi connectivity index (χ4v) is 4.57. The van der Waals surface area contributed by atoms with Gasteiger partial charge in [-0.3, -0.25) is 0 Å². The molecule has 0 unspecified atom stereocenters. The smallest absolute Gasteiger partial charge is 0.0547 e. The van der Waals surface area contributed by atoms with E-state index in [1.165, 1.54) is 55.0 Å². The number of hydrogen-bond acceptors (Lipinski definition) is 0. The lowest BCUT2D eigenvalue weighted by Gasteiger charge is -2.08. The highest BCUT2D eigenvalue weighted by molar-refractivity contribution is 6.21. The molecule has 0 aliphatic heterocycles. The summed E-state index contributed by atoms with van der Waals surface area (Å²) in [6.07, 6.45) is 0. The second kappa shape index (κ2) is 6.60. The van der Waals surface area contributed by atoms with Gasteiger partial charge in [0.1, 0.15) is 0 Å². The number of aryl methyl sites for hydroxylation is 1. The lowest BCUT2D eigenvalue weighted by atomic mass is 9.99. The molecule has 0 saturated heterocycles. The van der Waals surface area contributed by atoms with Gasteiger partial charge in [-0.05, 0) is 59.2 Å². The number of aromatic nitrogens is 1. The van der Waals surface area contributed by atoms with Crippen molar-refractivity contribution in [2.24, 2.45) is 0 Å². The van der Waals surface area contributed by atoms with Crippen LogP contribution in [0.3, 0.4) is 0 Å². The van der Waals surface area contributed by atoms with Crippen molar-refractivity contribution in [2.45, 2.75) is 6.92 Å². The molecular weight excluding hydrogens is 362 g/mol. The van der Waals surface area contributed by atoms with Crippen molar-refractivity contribution >= 4 is 32.6 Å². The van der Waals surface area contributed by atoms with Crippen LogP contribution in [0.2, 0.25) is 0 Å². The van der Waals surface area contributed by atoms with Gasteiger partial charge in [-0.2, -0.15) is 0 Å². The quantitative estimate of drug-likeness (QED) is 0.286. The molecule has 1 aromatic heterocycles. The molecule has 0 amide bonds. The van der Waals surface area contributed by atoms with Crippen molar-refractivity contribution in [2.75, 3.05) is 0 Å². The Morgan fingerprint density at radius 1 is 0.533 bits per heavy atom. The van der Waals surface area contributed by atoms with E-state index in [1.807, 2.05) is 0 Å². The predicted molar refractivity (Wildman–Crippen MR) is 128 cm³/mol. The Labute approximate surface area is 175 Å². The standard InChI is InChI=1S/C29H21N/c1-20-11-13-21(14-12-20)23-16-17-27-26(19-23)29-25-10-6-5-7-22(25)15-18-28(29)30(27)24-8-3-2-4-9-24/h2-19H,1H3. The van der Waals surface area contributed by atoms with Crippen molar-refractivity contribution in [3.63, 3.8) is 0 Å². The first-order chi connectivity index (χ1) is 14.8. The van der Waals surface area contributed by atoms with Crippen LogP contribution in [0.25, 0.3) is 49.4 Å². The van der Waals surface area contributed by atoms with Gasteiger partial charge in [0, 0.05) is 16.5 Å². The Kier molecular flexibility index (Phi) is 3.75. The van der Waals surface area contributed by atoms with E-state index in [2.05, 4.69) is 121 Å². The van der Waals surface area contributed by atoms with Crippen LogP contribution >= 0.6 is 0 Å². The van der Waals surface area contributed by atoms with Crippen LogP contribution in [-0.4, -0.2) is 4.57 Å². The summed E-state index contributed by atoms with van der Waals surface area (Å²) in [4.78, 5) is 0. The van der Waals surface area contributed by atoms with Crippen LogP contribution in [0.4, 0.5) is 0 Å². The Morgan fingerprint density at radius 2 is 1.23 bits per heavy atom. The highest BCUT2D eigenvalue weighted by Crippen LogP contribution is 2.38. The topological polar surface area (TPSA) is 4.93 Å². The number of rotatable bonds is 2. The molecule has 1 heteroatoms. The molecule has 0 atom stereocenters. The predicted octanol–water partition coefficient (Wildman–Crippen LogP) is 7.91. The van der Waals surface area contributed by atoms with Gasteiger partial charge in [-0.25, -0.2) is 0 Å². The third kappa shape index (κ3) is 2.56. The summed E-state index contributed by atoms with van der Waals surface area (Å²) in [6.45, 7) is 2.13. The summed E-state index contributed by atoms with van der Waals surface area (Å²) in [7, 11) is 0. The summed E-state index contributed by atoms with van der Waals surface area (Å²) < 4.78 is 2.38. The molecular formula is C29H21N. The average molecular weight is 383 g/mol. The van der Waals surface area contributed by atoms with Crippen molar-refractivity contribution < 1.29 is 0 Å². The first-order valence-electron chi connectivity index (χ1n) is 10.4. The van der Waals surface area contributed by atoms with Crippen LogP contribution in [0, 0.1) is 6.92 Å². The van der Waals surface area contributed by atoms with Gasteiger partial charge >= 0.3 is 0 Å². The molecule has 0 fully saturated rings. The number of para-hydroxylation sites is 1. The van der Waals surface area contributed by atoms with Gasteiger partial charge in [0.2, 0.25) is 0 Å². The van der Waals surface area contributed by atoms with Crippen LogP contribution in [0.5, 0.6) is 0 Å². The van der Waals surface area contributed by atoms with Crippen LogP contribution in [0.1, 0.15) is 5.56 Å². The fourth-order valence-electron chi connectivity index (χ4n) is 4.57. The summed E-state index contributed by atoms with van der Waals surface area (Å²) in [5, 5.41) is 5.19. The Bertz CT molecular complexity index is 1520.